The van der Waals surface area contributed by atoms with Crippen molar-refractivity contribution in [3.8, 4) is 0 Å². The van der Waals surface area contributed by atoms with Gasteiger partial charge in [-0.2, -0.15) is 13.2 Å². The van der Waals surface area contributed by atoms with Gasteiger partial charge in [-0.15, -0.1) is 0 Å². The third kappa shape index (κ3) is 3.71. The van der Waals surface area contributed by atoms with Crippen molar-refractivity contribution in [3.63, 3.8) is 0 Å². The molecule has 0 saturated carbocycles. The smallest absolute Gasteiger partial charge is 0.294 e. The molecule has 0 aliphatic heterocycles. The molecule has 0 aromatic heterocycles. The van der Waals surface area contributed by atoms with E-state index in [0.717, 1.165) is 37.0 Å². The molecule has 0 radical (unpaired) electrons. The first-order chi connectivity index (χ1) is 9.36. The van der Waals surface area contributed by atoms with Crippen LogP contribution in [0.1, 0.15) is 37.3 Å². The van der Waals surface area contributed by atoms with Gasteiger partial charge in [0.15, 0.2) is 5.78 Å². The highest BCUT2D eigenvalue weighted by molar-refractivity contribution is 5.96. The fourth-order valence-electron chi connectivity index (χ4n) is 2.38. The van der Waals surface area contributed by atoms with Gasteiger partial charge in [0.1, 0.15) is 0 Å². The SMILES string of the molecule is CC1CC=C(C(=O)Cc2cccc(C(F)(F)F)c2)CC1. The second-order valence-corrected chi connectivity index (χ2v) is 5.41. The summed E-state index contributed by atoms with van der Waals surface area (Å²) in [4.78, 5) is 12.1. The van der Waals surface area contributed by atoms with Crippen molar-refractivity contribution < 1.29 is 18.0 Å². The first-order valence-corrected chi connectivity index (χ1v) is 6.74. The molecule has 1 aliphatic carbocycles. The molecule has 0 N–H and O–H groups in total. The van der Waals surface area contributed by atoms with Crippen LogP contribution in [0.5, 0.6) is 0 Å². The summed E-state index contributed by atoms with van der Waals surface area (Å²) in [5.74, 6) is 0.524. The van der Waals surface area contributed by atoms with E-state index >= 15 is 0 Å². The van der Waals surface area contributed by atoms with Crippen molar-refractivity contribution in [1.29, 1.82) is 0 Å². The number of ketones is 1. The molecule has 0 spiro atoms. The fourth-order valence-corrected chi connectivity index (χ4v) is 2.38. The molecule has 1 atom stereocenters. The highest BCUT2D eigenvalue weighted by Crippen LogP contribution is 2.30. The summed E-state index contributed by atoms with van der Waals surface area (Å²) < 4.78 is 37.8. The van der Waals surface area contributed by atoms with E-state index in [9.17, 15) is 18.0 Å². The Morgan fingerprint density at radius 3 is 2.70 bits per heavy atom. The molecule has 0 saturated heterocycles. The second-order valence-electron chi connectivity index (χ2n) is 5.41. The second kappa shape index (κ2) is 5.81. The maximum atomic E-state index is 12.6. The van der Waals surface area contributed by atoms with Gasteiger partial charge in [0.05, 0.1) is 5.56 Å². The van der Waals surface area contributed by atoms with Crippen LogP contribution in [0.4, 0.5) is 13.2 Å². The molecule has 0 bridgehead atoms. The van der Waals surface area contributed by atoms with Gasteiger partial charge in [-0.05, 0) is 42.4 Å². The number of halogens is 3. The highest BCUT2D eigenvalue weighted by atomic mass is 19.4. The lowest BCUT2D eigenvalue weighted by Gasteiger charge is -2.17. The Morgan fingerprint density at radius 2 is 2.10 bits per heavy atom. The lowest BCUT2D eigenvalue weighted by molar-refractivity contribution is -0.137. The van der Waals surface area contributed by atoms with Crippen molar-refractivity contribution in [2.24, 2.45) is 5.92 Å². The average Bonchev–Trinajstić information content (AvgIpc) is 2.38. The number of hydrogen-bond donors (Lipinski definition) is 0. The molecule has 4 heteroatoms. The van der Waals surface area contributed by atoms with Crippen LogP contribution in [0.2, 0.25) is 0 Å². The molecule has 1 aromatic rings. The number of carbonyl (C=O) groups excluding carboxylic acids is 1. The Morgan fingerprint density at radius 1 is 1.35 bits per heavy atom. The quantitative estimate of drug-likeness (QED) is 0.794. The van der Waals surface area contributed by atoms with Crippen LogP contribution in [-0.4, -0.2) is 5.78 Å². The van der Waals surface area contributed by atoms with E-state index in [1.807, 2.05) is 6.08 Å². The van der Waals surface area contributed by atoms with Crippen molar-refractivity contribution >= 4 is 5.78 Å². The molecule has 1 nitrogen and oxygen atoms in total. The van der Waals surface area contributed by atoms with Gasteiger partial charge >= 0.3 is 6.18 Å². The molecule has 1 unspecified atom stereocenters. The zero-order chi connectivity index (χ0) is 14.8. The van der Waals surface area contributed by atoms with E-state index in [4.69, 9.17) is 0 Å². The van der Waals surface area contributed by atoms with E-state index in [1.165, 1.54) is 6.07 Å². The van der Waals surface area contributed by atoms with Gasteiger partial charge in [-0.1, -0.05) is 31.2 Å². The maximum absolute atomic E-state index is 12.6. The molecule has 108 valence electrons. The number of allylic oxidation sites excluding steroid dienone is 2. The summed E-state index contributed by atoms with van der Waals surface area (Å²) >= 11 is 0. The average molecular weight is 282 g/mol. The lowest BCUT2D eigenvalue weighted by atomic mass is 9.87. The van der Waals surface area contributed by atoms with Gasteiger partial charge in [-0.25, -0.2) is 0 Å². The summed E-state index contributed by atoms with van der Waals surface area (Å²) in [7, 11) is 0. The Kier molecular flexibility index (Phi) is 4.31. The van der Waals surface area contributed by atoms with E-state index in [-0.39, 0.29) is 12.2 Å². The van der Waals surface area contributed by atoms with Gasteiger partial charge < -0.3 is 0 Å². The molecule has 1 aliphatic rings. The Labute approximate surface area is 116 Å². The topological polar surface area (TPSA) is 17.1 Å². The molecular weight excluding hydrogens is 265 g/mol. The molecular formula is C16H17F3O. The monoisotopic (exact) mass is 282 g/mol. The number of benzene rings is 1. The number of alkyl halides is 3. The maximum Gasteiger partial charge on any atom is 0.416 e. The fraction of sp³-hybridized carbons (Fsp3) is 0.438. The van der Waals surface area contributed by atoms with Crippen LogP contribution in [0.3, 0.4) is 0 Å². The number of Topliss-reactive ketones (excluding diaryl/α,β-unsaturated/α-hetero) is 1. The summed E-state index contributed by atoms with van der Waals surface area (Å²) in [5.41, 5.74) is 0.485. The van der Waals surface area contributed by atoms with E-state index in [0.29, 0.717) is 11.5 Å². The van der Waals surface area contributed by atoms with Crippen LogP contribution < -0.4 is 0 Å². The zero-order valence-electron chi connectivity index (χ0n) is 11.3. The van der Waals surface area contributed by atoms with Gasteiger partial charge in [0, 0.05) is 6.42 Å². The van der Waals surface area contributed by atoms with E-state index in [2.05, 4.69) is 6.92 Å². The van der Waals surface area contributed by atoms with Gasteiger partial charge in [0.2, 0.25) is 0 Å². The van der Waals surface area contributed by atoms with Crippen molar-refractivity contribution in [3.05, 3.63) is 47.0 Å². The minimum absolute atomic E-state index is 0.0458. The number of carbonyl (C=O) groups is 1. The minimum Gasteiger partial charge on any atom is -0.294 e. The third-order valence-electron chi connectivity index (χ3n) is 3.65. The van der Waals surface area contributed by atoms with Crippen molar-refractivity contribution in [2.75, 3.05) is 0 Å². The molecule has 0 fully saturated rings. The molecule has 0 amide bonds. The molecule has 0 heterocycles. The van der Waals surface area contributed by atoms with Crippen LogP contribution in [0, 0.1) is 5.92 Å². The molecule has 2 rings (SSSR count). The summed E-state index contributed by atoms with van der Waals surface area (Å²) in [5, 5.41) is 0. The summed E-state index contributed by atoms with van der Waals surface area (Å²) in [6.45, 7) is 2.13. The zero-order valence-corrected chi connectivity index (χ0v) is 11.3. The van der Waals surface area contributed by atoms with Gasteiger partial charge in [-0.3, -0.25) is 4.79 Å². The highest BCUT2D eigenvalue weighted by Gasteiger charge is 2.30. The van der Waals surface area contributed by atoms with Gasteiger partial charge in [0.25, 0.3) is 0 Å². The molecule has 20 heavy (non-hydrogen) atoms. The third-order valence-corrected chi connectivity index (χ3v) is 3.65. The van der Waals surface area contributed by atoms with E-state index in [1.54, 1.807) is 6.07 Å². The first kappa shape index (κ1) is 14.8. The van der Waals surface area contributed by atoms with Crippen molar-refractivity contribution in [1.82, 2.24) is 0 Å². The van der Waals surface area contributed by atoms with Crippen LogP contribution in [0.25, 0.3) is 0 Å². The normalized spacial score (nSPS) is 19.6. The Bertz CT molecular complexity index is 529. The summed E-state index contributed by atoms with van der Waals surface area (Å²) in [6.07, 6.45) is 0.204. The Balaban J connectivity index is 2.09. The predicted molar refractivity (Wildman–Crippen MR) is 71.3 cm³/mol. The minimum atomic E-state index is -4.36. The van der Waals surface area contributed by atoms with Crippen LogP contribution in [0.15, 0.2) is 35.9 Å². The van der Waals surface area contributed by atoms with Crippen LogP contribution in [-0.2, 0) is 17.4 Å². The standard InChI is InChI=1S/C16H17F3O/c1-11-5-7-13(8-6-11)15(20)10-12-3-2-4-14(9-12)16(17,18)19/h2-4,7,9,11H,5-6,8,10H2,1H3. The predicted octanol–water partition coefficient (Wildman–Crippen LogP) is 4.56. The number of rotatable bonds is 3. The van der Waals surface area contributed by atoms with E-state index < -0.39 is 11.7 Å². The lowest BCUT2D eigenvalue weighted by Crippen LogP contribution is -2.12. The largest absolute Gasteiger partial charge is 0.416 e. The van der Waals surface area contributed by atoms with Crippen LogP contribution >= 0.6 is 0 Å². The summed E-state index contributed by atoms with van der Waals surface area (Å²) in [6, 6.07) is 5.00. The Hall–Kier alpha value is -1.58. The van der Waals surface area contributed by atoms with Crippen molar-refractivity contribution in [2.45, 2.75) is 38.8 Å². The molecule has 1 aromatic carbocycles. The number of hydrogen-bond acceptors (Lipinski definition) is 1. The first-order valence-electron chi connectivity index (χ1n) is 6.74.